The van der Waals surface area contributed by atoms with Crippen LogP contribution in [-0.2, 0) is 6.54 Å². The molecule has 2 rings (SSSR count). The first-order valence-electron chi connectivity index (χ1n) is 7.62. The summed E-state index contributed by atoms with van der Waals surface area (Å²) < 4.78 is 5.89. The molecule has 0 aliphatic rings. The molecule has 0 amide bonds. The minimum absolute atomic E-state index is 0.538. The molecule has 0 saturated heterocycles. The molecule has 0 saturated carbocycles. The lowest BCUT2D eigenvalue weighted by molar-refractivity contribution is 0.480. The Morgan fingerprint density at radius 2 is 1.86 bits per heavy atom. The van der Waals surface area contributed by atoms with Crippen molar-refractivity contribution >= 4 is 0 Å². The highest BCUT2D eigenvalue weighted by atomic mass is 16.5. The van der Waals surface area contributed by atoms with Gasteiger partial charge in [-0.2, -0.15) is 0 Å². The third-order valence-corrected chi connectivity index (χ3v) is 3.30. The molecule has 0 aliphatic heterocycles. The molecule has 3 nitrogen and oxygen atoms in total. The van der Waals surface area contributed by atoms with Gasteiger partial charge in [-0.25, -0.2) is 0 Å². The average molecular weight is 284 g/mol. The van der Waals surface area contributed by atoms with Gasteiger partial charge in [0, 0.05) is 18.8 Å². The SMILES string of the molecule is CCCNCc1cc(Oc2ccc(C(C)C)cc2)ccn1. The highest BCUT2D eigenvalue weighted by Gasteiger charge is 2.02. The first-order chi connectivity index (χ1) is 10.2. The number of aromatic nitrogens is 1. The van der Waals surface area contributed by atoms with Crippen LogP contribution in [0.1, 0.15) is 44.4 Å². The van der Waals surface area contributed by atoms with Crippen LogP contribution in [0.25, 0.3) is 0 Å². The Morgan fingerprint density at radius 3 is 2.52 bits per heavy atom. The minimum atomic E-state index is 0.538. The van der Waals surface area contributed by atoms with E-state index in [0.29, 0.717) is 5.92 Å². The van der Waals surface area contributed by atoms with Crippen LogP contribution in [0, 0.1) is 0 Å². The molecule has 2 aromatic rings. The monoisotopic (exact) mass is 284 g/mol. The van der Waals surface area contributed by atoms with Crippen LogP contribution in [0.4, 0.5) is 0 Å². The van der Waals surface area contributed by atoms with E-state index in [1.807, 2.05) is 24.3 Å². The van der Waals surface area contributed by atoms with E-state index in [0.717, 1.165) is 36.7 Å². The van der Waals surface area contributed by atoms with Gasteiger partial charge in [0.25, 0.3) is 0 Å². The molecule has 1 N–H and O–H groups in total. The van der Waals surface area contributed by atoms with E-state index in [2.05, 4.69) is 43.2 Å². The second-order valence-electron chi connectivity index (χ2n) is 5.49. The van der Waals surface area contributed by atoms with E-state index in [1.165, 1.54) is 5.56 Å². The summed E-state index contributed by atoms with van der Waals surface area (Å²) in [6.07, 6.45) is 2.92. The molecule has 0 fully saturated rings. The molecule has 0 bridgehead atoms. The quantitative estimate of drug-likeness (QED) is 0.760. The van der Waals surface area contributed by atoms with Crippen molar-refractivity contribution in [3.05, 3.63) is 53.9 Å². The van der Waals surface area contributed by atoms with E-state index in [4.69, 9.17) is 4.74 Å². The molecule has 21 heavy (non-hydrogen) atoms. The van der Waals surface area contributed by atoms with Gasteiger partial charge >= 0.3 is 0 Å². The fraction of sp³-hybridized carbons (Fsp3) is 0.389. The van der Waals surface area contributed by atoms with Gasteiger partial charge in [0.05, 0.1) is 5.69 Å². The predicted molar refractivity (Wildman–Crippen MR) is 86.8 cm³/mol. The summed E-state index contributed by atoms with van der Waals surface area (Å²) >= 11 is 0. The first-order valence-corrected chi connectivity index (χ1v) is 7.62. The maximum Gasteiger partial charge on any atom is 0.130 e. The number of pyridine rings is 1. The molecule has 0 spiro atoms. The summed E-state index contributed by atoms with van der Waals surface area (Å²) in [5.74, 6) is 2.23. The molecule has 0 atom stereocenters. The number of nitrogens with zero attached hydrogens (tertiary/aromatic N) is 1. The van der Waals surface area contributed by atoms with Gasteiger partial charge in [0.1, 0.15) is 11.5 Å². The second-order valence-corrected chi connectivity index (χ2v) is 5.49. The largest absolute Gasteiger partial charge is 0.457 e. The van der Waals surface area contributed by atoms with Crippen LogP contribution in [0.15, 0.2) is 42.6 Å². The van der Waals surface area contributed by atoms with Crippen molar-refractivity contribution in [2.75, 3.05) is 6.54 Å². The zero-order valence-corrected chi connectivity index (χ0v) is 13.1. The molecule has 1 aromatic heterocycles. The van der Waals surface area contributed by atoms with Crippen molar-refractivity contribution in [2.45, 2.75) is 39.7 Å². The Hall–Kier alpha value is -1.87. The Bertz CT molecular complexity index is 549. The normalized spacial score (nSPS) is 10.9. The molecular formula is C18H24N2O. The summed E-state index contributed by atoms with van der Waals surface area (Å²) in [6.45, 7) is 8.31. The van der Waals surface area contributed by atoms with E-state index >= 15 is 0 Å². The van der Waals surface area contributed by atoms with Crippen molar-refractivity contribution in [2.24, 2.45) is 0 Å². The lowest BCUT2D eigenvalue weighted by Crippen LogP contribution is -2.14. The fourth-order valence-corrected chi connectivity index (χ4v) is 2.07. The number of ether oxygens (including phenoxy) is 1. The molecule has 0 aliphatic carbocycles. The van der Waals surface area contributed by atoms with Crippen molar-refractivity contribution in [1.29, 1.82) is 0 Å². The van der Waals surface area contributed by atoms with Gasteiger partial charge in [-0.15, -0.1) is 0 Å². The standard InChI is InChI=1S/C18H24N2O/c1-4-10-19-13-16-12-18(9-11-20-16)21-17-7-5-15(6-8-17)14(2)3/h5-9,11-12,14,19H,4,10,13H2,1-3H3. The predicted octanol–water partition coefficient (Wildman–Crippen LogP) is 4.50. The van der Waals surface area contributed by atoms with Crippen molar-refractivity contribution in [1.82, 2.24) is 10.3 Å². The van der Waals surface area contributed by atoms with Gasteiger partial charge < -0.3 is 10.1 Å². The number of rotatable bonds is 7. The van der Waals surface area contributed by atoms with E-state index in [-0.39, 0.29) is 0 Å². The van der Waals surface area contributed by atoms with Gasteiger partial charge in [0.15, 0.2) is 0 Å². The van der Waals surface area contributed by atoms with Crippen LogP contribution >= 0.6 is 0 Å². The van der Waals surface area contributed by atoms with Crippen LogP contribution in [0.5, 0.6) is 11.5 Å². The van der Waals surface area contributed by atoms with Crippen LogP contribution in [0.3, 0.4) is 0 Å². The third-order valence-electron chi connectivity index (χ3n) is 3.30. The zero-order valence-electron chi connectivity index (χ0n) is 13.1. The van der Waals surface area contributed by atoms with Gasteiger partial charge in [-0.3, -0.25) is 4.98 Å². The molecule has 3 heteroatoms. The molecule has 1 aromatic carbocycles. The number of hydrogen-bond donors (Lipinski definition) is 1. The van der Waals surface area contributed by atoms with E-state index < -0.39 is 0 Å². The smallest absolute Gasteiger partial charge is 0.130 e. The highest BCUT2D eigenvalue weighted by molar-refractivity contribution is 5.34. The van der Waals surface area contributed by atoms with Gasteiger partial charge in [0.2, 0.25) is 0 Å². The highest BCUT2D eigenvalue weighted by Crippen LogP contribution is 2.24. The Labute approximate surface area is 127 Å². The maximum atomic E-state index is 5.89. The molecular weight excluding hydrogens is 260 g/mol. The maximum absolute atomic E-state index is 5.89. The summed E-state index contributed by atoms with van der Waals surface area (Å²) in [5, 5.41) is 3.34. The van der Waals surface area contributed by atoms with Crippen molar-refractivity contribution in [3.63, 3.8) is 0 Å². The minimum Gasteiger partial charge on any atom is -0.457 e. The Kier molecular flexibility index (Phi) is 5.76. The van der Waals surface area contributed by atoms with Gasteiger partial charge in [-0.1, -0.05) is 32.9 Å². The first kappa shape index (κ1) is 15.5. The Morgan fingerprint density at radius 1 is 1.10 bits per heavy atom. The molecule has 0 radical (unpaired) electrons. The number of nitrogens with one attached hydrogen (secondary N) is 1. The van der Waals surface area contributed by atoms with Crippen LogP contribution < -0.4 is 10.1 Å². The van der Waals surface area contributed by atoms with E-state index in [1.54, 1.807) is 6.20 Å². The third kappa shape index (κ3) is 4.87. The summed E-state index contributed by atoms with van der Waals surface area (Å²) in [7, 11) is 0. The fourth-order valence-electron chi connectivity index (χ4n) is 2.07. The van der Waals surface area contributed by atoms with Crippen LogP contribution in [0.2, 0.25) is 0 Å². The number of hydrogen-bond acceptors (Lipinski definition) is 3. The van der Waals surface area contributed by atoms with Crippen LogP contribution in [-0.4, -0.2) is 11.5 Å². The average Bonchev–Trinajstić information content (AvgIpc) is 2.48. The zero-order chi connectivity index (χ0) is 15.1. The molecule has 0 unspecified atom stereocenters. The van der Waals surface area contributed by atoms with Crippen molar-refractivity contribution < 1.29 is 4.74 Å². The van der Waals surface area contributed by atoms with Crippen molar-refractivity contribution in [3.8, 4) is 11.5 Å². The number of benzene rings is 1. The topological polar surface area (TPSA) is 34.1 Å². The lowest BCUT2D eigenvalue weighted by Gasteiger charge is -2.09. The lowest BCUT2D eigenvalue weighted by atomic mass is 10.0. The van der Waals surface area contributed by atoms with Gasteiger partial charge in [-0.05, 0) is 42.6 Å². The second kappa shape index (κ2) is 7.79. The van der Waals surface area contributed by atoms with E-state index in [9.17, 15) is 0 Å². The summed E-state index contributed by atoms with van der Waals surface area (Å²) in [5.41, 5.74) is 2.32. The summed E-state index contributed by atoms with van der Waals surface area (Å²) in [4.78, 5) is 4.35. The molecule has 112 valence electrons. The molecule has 1 heterocycles. The Balaban J connectivity index is 2.00. The summed E-state index contributed by atoms with van der Waals surface area (Å²) in [6, 6.07) is 12.1.